The summed E-state index contributed by atoms with van der Waals surface area (Å²) >= 11 is 0. The normalized spacial score (nSPS) is 13.2. The molecule has 0 aromatic carbocycles. The fourth-order valence-corrected chi connectivity index (χ4v) is 8.85. The van der Waals surface area contributed by atoms with Gasteiger partial charge in [0.15, 0.2) is 6.10 Å². The SMILES string of the molecule is CCCCCCCCCC/C=C\CCCCCCCCCCCCCC(=O)OC(COC(=O)CCCCCCCCCCCCCCCCCCCCC)COP(=O)(O)OCC. The number of allylic oxidation sites excluding steroid dienone is 2. The standard InChI is InChI=1S/C53H103O8P/c1-4-7-9-11-13-15-17-19-21-23-25-26-27-28-30-32-34-36-38-40-42-44-46-48-53(55)61-51(50-60-62(56,57)59-6-3)49-58-52(54)47-45-43-41-39-37-35-33-31-29-24-22-20-18-16-14-12-10-8-5-2/h23,25,51H,4-22,24,26-50H2,1-3H3,(H,56,57)/b25-23-. The molecule has 8 nitrogen and oxygen atoms in total. The van der Waals surface area contributed by atoms with E-state index in [1.807, 2.05) is 0 Å². The fourth-order valence-electron chi connectivity index (χ4n) is 8.10. The van der Waals surface area contributed by atoms with Crippen LogP contribution < -0.4 is 0 Å². The molecule has 2 atom stereocenters. The number of ether oxygens (including phenoxy) is 2. The minimum absolute atomic E-state index is 0.00417. The van der Waals surface area contributed by atoms with Gasteiger partial charge < -0.3 is 14.4 Å². The van der Waals surface area contributed by atoms with Crippen molar-refractivity contribution in [2.75, 3.05) is 19.8 Å². The van der Waals surface area contributed by atoms with E-state index >= 15 is 0 Å². The lowest BCUT2D eigenvalue weighted by atomic mass is 10.0. The van der Waals surface area contributed by atoms with Crippen LogP contribution in [0.1, 0.15) is 290 Å². The monoisotopic (exact) mass is 899 g/mol. The molecule has 0 heterocycles. The van der Waals surface area contributed by atoms with Gasteiger partial charge in [0.2, 0.25) is 0 Å². The number of carbonyl (C=O) groups is 2. The van der Waals surface area contributed by atoms with E-state index in [1.165, 1.54) is 218 Å². The molecule has 0 fully saturated rings. The number of rotatable bonds is 51. The second-order valence-corrected chi connectivity index (χ2v) is 19.7. The third-order valence-corrected chi connectivity index (χ3v) is 13.1. The Morgan fingerprint density at radius 3 is 1.06 bits per heavy atom. The molecule has 0 rings (SSSR count). The summed E-state index contributed by atoms with van der Waals surface area (Å²) in [6.07, 6.45) is 55.7. The highest BCUT2D eigenvalue weighted by molar-refractivity contribution is 7.47. The quantitative estimate of drug-likeness (QED) is 0.0278. The van der Waals surface area contributed by atoms with Gasteiger partial charge >= 0.3 is 19.8 Å². The molecule has 0 spiro atoms. The number of unbranched alkanes of at least 4 members (excludes halogenated alkanes) is 37. The molecule has 0 aliphatic heterocycles. The molecule has 0 aliphatic rings. The molecule has 0 saturated carbocycles. The van der Waals surface area contributed by atoms with Gasteiger partial charge in [-0.05, 0) is 45.4 Å². The lowest BCUT2D eigenvalue weighted by molar-refractivity contribution is -0.161. The molecule has 1 N–H and O–H groups in total. The topological polar surface area (TPSA) is 108 Å². The second-order valence-electron chi connectivity index (χ2n) is 18.3. The minimum Gasteiger partial charge on any atom is -0.462 e. The van der Waals surface area contributed by atoms with Crippen molar-refractivity contribution in [2.45, 2.75) is 297 Å². The Hall–Kier alpha value is -1.21. The van der Waals surface area contributed by atoms with Crippen molar-refractivity contribution in [3.8, 4) is 0 Å². The fraction of sp³-hybridized carbons (Fsp3) is 0.925. The van der Waals surface area contributed by atoms with Crippen molar-refractivity contribution in [1.29, 1.82) is 0 Å². The molecule has 0 aliphatic carbocycles. The molecule has 0 aromatic rings. The summed E-state index contributed by atoms with van der Waals surface area (Å²) < 4.78 is 32.9. The Kier molecular flexibility index (Phi) is 48.3. The molecule has 0 bridgehead atoms. The van der Waals surface area contributed by atoms with E-state index in [4.69, 9.17) is 18.5 Å². The summed E-state index contributed by atoms with van der Waals surface area (Å²) in [4.78, 5) is 35.0. The summed E-state index contributed by atoms with van der Waals surface area (Å²) in [5, 5.41) is 0. The van der Waals surface area contributed by atoms with Gasteiger partial charge in [0.05, 0.1) is 13.2 Å². The van der Waals surface area contributed by atoms with Gasteiger partial charge in [0, 0.05) is 12.8 Å². The first-order valence-corrected chi connectivity index (χ1v) is 28.5. The molecule has 62 heavy (non-hydrogen) atoms. The zero-order valence-electron chi connectivity index (χ0n) is 41.3. The summed E-state index contributed by atoms with van der Waals surface area (Å²) in [6.45, 7) is 5.55. The lowest BCUT2D eigenvalue weighted by Gasteiger charge is -2.19. The average Bonchev–Trinajstić information content (AvgIpc) is 3.25. The molecule has 0 aromatic heterocycles. The smallest absolute Gasteiger partial charge is 0.462 e. The molecule has 0 radical (unpaired) electrons. The van der Waals surface area contributed by atoms with Crippen molar-refractivity contribution in [2.24, 2.45) is 0 Å². The maximum atomic E-state index is 12.6. The Morgan fingerprint density at radius 1 is 0.419 bits per heavy atom. The van der Waals surface area contributed by atoms with Crippen molar-refractivity contribution < 1.29 is 37.6 Å². The van der Waals surface area contributed by atoms with Gasteiger partial charge in [0.1, 0.15) is 6.61 Å². The van der Waals surface area contributed by atoms with Crippen molar-refractivity contribution >= 4 is 19.8 Å². The van der Waals surface area contributed by atoms with Crippen LogP contribution in [0.25, 0.3) is 0 Å². The van der Waals surface area contributed by atoms with Gasteiger partial charge in [-0.1, -0.05) is 244 Å². The zero-order chi connectivity index (χ0) is 45.3. The van der Waals surface area contributed by atoms with Gasteiger partial charge in [-0.15, -0.1) is 0 Å². The maximum absolute atomic E-state index is 12.6. The first kappa shape index (κ1) is 60.8. The van der Waals surface area contributed by atoms with Crippen LogP contribution in [-0.4, -0.2) is 42.8 Å². The first-order valence-electron chi connectivity index (χ1n) is 27.0. The van der Waals surface area contributed by atoms with Crippen LogP contribution in [0.15, 0.2) is 12.2 Å². The summed E-state index contributed by atoms with van der Waals surface area (Å²) in [6, 6.07) is 0. The second kappa shape index (κ2) is 49.2. The molecule has 0 saturated heterocycles. The predicted molar refractivity (Wildman–Crippen MR) is 263 cm³/mol. The van der Waals surface area contributed by atoms with Crippen LogP contribution >= 0.6 is 7.82 Å². The Bertz CT molecular complexity index is 1020. The van der Waals surface area contributed by atoms with E-state index in [0.29, 0.717) is 6.42 Å². The van der Waals surface area contributed by atoms with E-state index in [0.717, 1.165) is 38.5 Å². The molecular weight excluding hydrogens is 796 g/mol. The largest absolute Gasteiger partial charge is 0.472 e. The number of phosphoric acid groups is 1. The van der Waals surface area contributed by atoms with E-state index < -0.39 is 19.9 Å². The van der Waals surface area contributed by atoms with Crippen LogP contribution in [0, 0.1) is 0 Å². The average molecular weight is 899 g/mol. The lowest BCUT2D eigenvalue weighted by Crippen LogP contribution is -2.29. The van der Waals surface area contributed by atoms with Crippen LogP contribution in [0.5, 0.6) is 0 Å². The van der Waals surface area contributed by atoms with Gasteiger partial charge in [-0.2, -0.15) is 0 Å². The van der Waals surface area contributed by atoms with Gasteiger partial charge in [-0.25, -0.2) is 4.57 Å². The number of esters is 2. The van der Waals surface area contributed by atoms with E-state index in [-0.39, 0.29) is 32.2 Å². The molecule has 368 valence electrons. The third kappa shape index (κ3) is 48.3. The highest BCUT2D eigenvalue weighted by atomic mass is 31.2. The highest BCUT2D eigenvalue weighted by Crippen LogP contribution is 2.43. The minimum atomic E-state index is -4.28. The van der Waals surface area contributed by atoms with E-state index in [2.05, 4.69) is 26.0 Å². The predicted octanol–water partition coefficient (Wildman–Crippen LogP) is 17.6. The number of carbonyl (C=O) groups excluding carboxylic acids is 2. The Labute approximate surface area is 384 Å². The maximum Gasteiger partial charge on any atom is 0.472 e. The first-order chi connectivity index (χ1) is 30.3. The van der Waals surface area contributed by atoms with Crippen molar-refractivity contribution in [3.05, 3.63) is 12.2 Å². The number of hydrogen-bond acceptors (Lipinski definition) is 7. The summed E-state index contributed by atoms with van der Waals surface area (Å²) in [7, 11) is -4.28. The third-order valence-electron chi connectivity index (χ3n) is 12.1. The van der Waals surface area contributed by atoms with E-state index in [1.54, 1.807) is 6.92 Å². The zero-order valence-corrected chi connectivity index (χ0v) is 42.2. The molecular formula is C53H103O8P. The van der Waals surface area contributed by atoms with Crippen LogP contribution in [0.4, 0.5) is 0 Å². The van der Waals surface area contributed by atoms with Crippen LogP contribution in [0.2, 0.25) is 0 Å². The Balaban J connectivity index is 3.91. The van der Waals surface area contributed by atoms with Gasteiger partial charge in [-0.3, -0.25) is 18.6 Å². The van der Waals surface area contributed by atoms with E-state index in [9.17, 15) is 19.0 Å². The molecule has 2 unspecified atom stereocenters. The summed E-state index contributed by atoms with van der Waals surface area (Å²) in [5.74, 6) is -0.779. The molecule has 0 amide bonds. The van der Waals surface area contributed by atoms with Crippen LogP contribution in [-0.2, 0) is 32.7 Å². The Morgan fingerprint density at radius 2 is 0.726 bits per heavy atom. The summed E-state index contributed by atoms with van der Waals surface area (Å²) in [5.41, 5.74) is 0. The molecule has 9 heteroatoms. The van der Waals surface area contributed by atoms with Gasteiger partial charge in [0.25, 0.3) is 0 Å². The van der Waals surface area contributed by atoms with Crippen molar-refractivity contribution in [1.82, 2.24) is 0 Å². The van der Waals surface area contributed by atoms with Crippen LogP contribution in [0.3, 0.4) is 0 Å². The van der Waals surface area contributed by atoms with Crippen molar-refractivity contribution in [3.63, 3.8) is 0 Å². The highest BCUT2D eigenvalue weighted by Gasteiger charge is 2.25. The number of phosphoric ester groups is 1. The number of hydrogen-bond donors (Lipinski definition) is 1.